The Morgan fingerprint density at radius 2 is 2.00 bits per heavy atom. The number of carbonyl (C=O) groups excluding carboxylic acids is 1. The lowest BCUT2D eigenvalue weighted by Crippen LogP contribution is -2.49. The van der Waals surface area contributed by atoms with E-state index in [0.717, 1.165) is 18.8 Å². The second-order valence-corrected chi connectivity index (χ2v) is 5.09. The van der Waals surface area contributed by atoms with Gasteiger partial charge in [0.25, 0.3) is 5.91 Å². The summed E-state index contributed by atoms with van der Waals surface area (Å²) in [4.78, 5) is 20.3. The Kier molecular flexibility index (Phi) is 3.47. The van der Waals surface area contributed by atoms with Crippen molar-refractivity contribution < 1.29 is 4.79 Å². The van der Waals surface area contributed by atoms with E-state index < -0.39 is 0 Å². The number of hydrogen-bond acceptors (Lipinski definition) is 5. The molecular formula is C14H18N6O. The van der Waals surface area contributed by atoms with Crippen LogP contribution in [-0.4, -0.2) is 51.8 Å². The smallest absolute Gasteiger partial charge is 0.274 e. The van der Waals surface area contributed by atoms with Crippen LogP contribution >= 0.6 is 0 Å². The van der Waals surface area contributed by atoms with Gasteiger partial charge in [-0.1, -0.05) is 0 Å². The molecule has 0 saturated carbocycles. The third-order valence-corrected chi connectivity index (χ3v) is 3.67. The van der Waals surface area contributed by atoms with Crippen LogP contribution in [0.1, 0.15) is 10.5 Å². The van der Waals surface area contributed by atoms with Crippen molar-refractivity contribution in [2.75, 3.05) is 36.8 Å². The van der Waals surface area contributed by atoms with Crippen LogP contribution in [0.15, 0.2) is 30.7 Å². The quantitative estimate of drug-likeness (QED) is 0.862. The lowest BCUT2D eigenvalue weighted by molar-refractivity contribution is 0.0740. The van der Waals surface area contributed by atoms with E-state index in [1.807, 2.05) is 11.0 Å². The molecule has 7 heteroatoms. The molecule has 3 rings (SSSR count). The number of aromatic nitrogens is 3. The first-order chi connectivity index (χ1) is 10.1. The molecule has 0 radical (unpaired) electrons. The standard InChI is InChI=1S/C14H18N6O/c1-18-5-3-12(17-18)14(21)20-8-6-19(7-9-20)13-2-4-16-10-11(13)15/h2-5,10H,6-9,15H2,1H3. The third-order valence-electron chi connectivity index (χ3n) is 3.67. The molecule has 0 aromatic carbocycles. The predicted octanol–water partition coefficient (Wildman–Crippen LogP) is 0.360. The summed E-state index contributed by atoms with van der Waals surface area (Å²) in [5, 5.41) is 4.16. The van der Waals surface area contributed by atoms with Crippen LogP contribution in [-0.2, 0) is 7.05 Å². The normalized spacial score (nSPS) is 15.3. The largest absolute Gasteiger partial charge is 0.396 e. The second kappa shape index (κ2) is 5.43. The molecule has 0 unspecified atom stereocenters. The summed E-state index contributed by atoms with van der Waals surface area (Å²) in [6, 6.07) is 3.65. The summed E-state index contributed by atoms with van der Waals surface area (Å²) in [5.74, 6) is -0.0158. The van der Waals surface area contributed by atoms with Gasteiger partial charge in [-0.2, -0.15) is 5.10 Å². The number of nitrogen functional groups attached to an aromatic ring is 1. The van der Waals surface area contributed by atoms with Gasteiger partial charge in [-0.15, -0.1) is 0 Å². The van der Waals surface area contributed by atoms with Gasteiger partial charge in [-0.05, 0) is 12.1 Å². The molecule has 7 nitrogen and oxygen atoms in total. The molecular weight excluding hydrogens is 268 g/mol. The highest BCUT2D eigenvalue weighted by Crippen LogP contribution is 2.22. The van der Waals surface area contributed by atoms with Gasteiger partial charge < -0.3 is 15.5 Å². The summed E-state index contributed by atoms with van der Waals surface area (Å²) in [5.41, 5.74) is 8.09. The molecule has 0 bridgehead atoms. The number of aryl methyl sites for hydroxylation is 1. The van der Waals surface area contributed by atoms with Crippen LogP contribution in [0.5, 0.6) is 0 Å². The van der Waals surface area contributed by atoms with Crippen molar-refractivity contribution in [2.24, 2.45) is 7.05 Å². The Bertz CT molecular complexity index is 644. The summed E-state index contributed by atoms with van der Waals surface area (Å²) < 4.78 is 1.64. The Morgan fingerprint density at radius 3 is 2.62 bits per heavy atom. The molecule has 3 heterocycles. The van der Waals surface area contributed by atoms with Crippen LogP contribution in [0.3, 0.4) is 0 Å². The average Bonchev–Trinajstić information content (AvgIpc) is 2.94. The Balaban J connectivity index is 1.65. The van der Waals surface area contributed by atoms with E-state index in [4.69, 9.17) is 5.73 Å². The number of nitrogens with two attached hydrogens (primary N) is 1. The molecule has 110 valence electrons. The second-order valence-electron chi connectivity index (χ2n) is 5.09. The maximum atomic E-state index is 12.3. The molecule has 0 aliphatic carbocycles. The molecule has 21 heavy (non-hydrogen) atoms. The number of carbonyl (C=O) groups is 1. The zero-order valence-corrected chi connectivity index (χ0v) is 11.9. The van der Waals surface area contributed by atoms with Crippen molar-refractivity contribution in [1.82, 2.24) is 19.7 Å². The summed E-state index contributed by atoms with van der Waals surface area (Å²) >= 11 is 0. The van der Waals surface area contributed by atoms with Crippen LogP contribution in [0, 0.1) is 0 Å². The molecule has 1 saturated heterocycles. The molecule has 0 atom stereocenters. The number of nitrogens with zero attached hydrogens (tertiary/aromatic N) is 5. The van der Waals surface area contributed by atoms with Crippen molar-refractivity contribution >= 4 is 17.3 Å². The van der Waals surface area contributed by atoms with Gasteiger partial charge in [0.2, 0.25) is 0 Å². The topological polar surface area (TPSA) is 80.3 Å². The molecule has 1 aliphatic rings. The fourth-order valence-electron chi connectivity index (χ4n) is 2.53. The van der Waals surface area contributed by atoms with E-state index in [2.05, 4.69) is 15.0 Å². The van der Waals surface area contributed by atoms with Gasteiger partial charge >= 0.3 is 0 Å². The first-order valence-electron chi connectivity index (χ1n) is 6.88. The van der Waals surface area contributed by atoms with E-state index in [-0.39, 0.29) is 5.91 Å². The summed E-state index contributed by atoms with van der Waals surface area (Å²) in [7, 11) is 1.81. The SMILES string of the molecule is Cn1ccc(C(=O)N2CCN(c3ccncc3N)CC2)n1. The number of rotatable bonds is 2. The maximum Gasteiger partial charge on any atom is 0.274 e. The molecule has 2 N–H and O–H groups in total. The number of hydrogen-bond donors (Lipinski definition) is 1. The Morgan fingerprint density at radius 1 is 1.24 bits per heavy atom. The van der Waals surface area contributed by atoms with Crippen molar-refractivity contribution in [3.63, 3.8) is 0 Å². The Hall–Kier alpha value is -2.57. The molecule has 1 fully saturated rings. The number of piperazine rings is 1. The van der Waals surface area contributed by atoms with E-state index in [0.29, 0.717) is 24.5 Å². The lowest BCUT2D eigenvalue weighted by Gasteiger charge is -2.36. The molecule has 2 aromatic heterocycles. The molecule has 2 aromatic rings. The average molecular weight is 286 g/mol. The van der Waals surface area contributed by atoms with Gasteiger partial charge in [-0.3, -0.25) is 14.5 Å². The third kappa shape index (κ3) is 2.67. The summed E-state index contributed by atoms with van der Waals surface area (Å²) in [6.07, 6.45) is 5.17. The van der Waals surface area contributed by atoms with Crippen molar-refractivity contribution in [3.05, 3.63) is 36.4 Å². The first kappa shape index (κ1) is 13.4. The monoisotopic (exact) mass is 286 g/mol. The van der Waals surface area contributed by atoms with Crippen molar-refractivity contribution in [3.8, 4) is 0 Å². The minimum atomic E-state index is -0.0158. The van der Waals surface area contributed by atoms with Gasteiger partial charge in [0.05, 0.1) is 17.6 Å². The highest BCUT2D eigenvalue weighted by atomic mass is 16.2. The lowest BCUT2D eigenvalue weighted by atomic mass is 10.2. The van der Waals surface area contributed by atoms with E-state index in [1.165, 1.54) is 0 Å². The predicted molar refractivity (Wildman–Crippen MR) is 80.0 cm³/mol. The van der Waals surface area contributed by atoms with Gasteiger partial charge in [0.1, 0.15) is 5.69 Å². The highest BCUT2D eigenvalue weighted by Gasteiger charge is 2.24. The van der Waals surface area contributed by atoms with E-state index in [9.17, 15) is 4.79 Å². The molecule has 1 aliphatic heterocycles. The zero-order chi connectivity index (χ0) is 14.8. The Labute approximate surface area is 123 Å². The van der Waals surface area contributed by atoms with E-state index in [1.54, 1.807) is 36.4 Å². The molecule has 1 amide bonds. The van der Waals surface area contributed by atoms with E-state index >= 15 is 0 Å². The van der Waals surface area contributed by atoms with Gasteiger partial charge in [-0.25, -0.2) is 0 Å². The number of amides is 1. The zero-order valence-electron chi connectivity index (χ0n) is 11.9. The van der Waals surface area contributed by atoms with Crippen LogP contribution < -0.4 is 10.6 Å². The van der Waals surface area contributed by atoms with Crippen LogP contribution in [0.25, 0.3) is 0 Å². The van der Waals surface area contributed by atoms with Crippen molar-refractivity contribution in [1.29, 1.82) is 0 Å². The minimum absolute atomic E-state index is 0.0158. The fraction of sp³-hybridized carbons (Fsp3) is 0.357. The fourth-order valence-corrected chi connectivity index (χ4v) is 2.53. The molecule has 0 spiro atoms. The van der Waals surface area contributed by atoms with Crippen LogP contribution in [0.2, 0.25) is 0 Å². The summed E-state index contributed by atoms with van der Waals surface area (Å²) in [6.45, 7) is 2.84. The first-order valence-corrected chi connectivity index (χ1v) is 6.88. The van der Waals surface area contributed by atoms with Crippen molar-refractivity contribution in [2.45, 2.75) is 0 Å². The van der Waals surface area contributed by atoms with Crippen LogP contribution in [0.4, 0.5) is 11.4 Å². The van der Waals surface area contributed by atoms with Gasteiger partial charge in [0, 0.05) is 45.6 Å². The maximum absolute atomic E-state index is 12.3. The number of anilines is 2. The number of pyridine rings is 1. The van der Waals surface area contributed by atoms with Gasteiger partial charge in [0.15, 0.2) is 0 Å². The highest BCUT2D eigenvalue weighted by molar-refractivity contribution is 5.92. The minimum Gasteiger partial charge on any atom is -0.396 e.